The van der Waals surface area contributed by atoms with Crippen LogP contribution in [0, 0.1) is 6.92 Å². The molecular formula is C14H13NO2. The number of aromatic nitrogens is 1. The fourth-order valence-electron chi connectivity index (χ4n) is 1.76. The number of hydrogen-bond acceptors (Lipinski definition) is 3. The van der Waals surface area contributed by atoms with E-state index < -0.39 is 0 Å². The van der Waals surface area contributed by atoms with Crippen LogP contribution in [0.25, 0.3) is 11.1 Å². The first-order chi connectivity index (χ1) is 8.26. The lowest BCUT2D eigenvalue weighted by Crippen LogP contribution is -1.94. The molecule has 0 fully saturated rings. The average Bonchev–Trinajstić information content (AvgIpc) is 2.38. The van der Waals surface area contributed by atoms with E-state index in [0.29, 0.717) is 11.4 Å². The first-order valence-corrected chi connectivity index (χ1v) is 5.31. The van der Waals surface area contributed by atoms with E-state index in [1.807, 2.05) is 37.3 Å². The molecule has 17 heavy (non-hydrogen) atoms. The maximum Gasteiger partial charge on any atom is 0.221 e. The molecule has 0 aliphatic rings. The van der Waals surface area contributed by atoms with Gasteiger partial charge in [0.1, 0.15) is 0 Å². The van der Waals surface area contributed by atoms with Gasteiger partial charge in [-0.2, -0.15) is 0 Å². The molecule has 0 saturated carbocycles. The maximum atomic E-state index is 11.1. The second kappa shape index (κ2) is 4.78. The average molecular weight is 227 g/mol. The van der Waals surface area contributed by atoms with E-state index in [4.69, 9.17) is 4.74 Å². The molecule has 0 aliphatic heterocycles. The number of carbonyl (C=O) groups excluding carboxylic acids is 1. The summed E-state index contributed by atoms with van der Waals surface area (Å²) in [5, 5.41) is 0. The fourth-order valence-corrected chi connectivity index (χ4v) is 1.76. The summed E-state index contributed by atoms with van der Waals surface area (Å²) < 4.78 is 5.21. The number of rotatable bonds is 3. The third-order valence-corrected chi connectivity index (χ3v) is 2.59. The minimum absolute atomic E-state index is 0.529. The van der Waals surface area contributed by atoms with Gasteiger partial charge < -0.3 is 4.74 Å². The Hall–Kier alpha value is -2.16. The highest BCUT2D eigenvalue weighted by atomic mass is 16.5. The van der Waals surface area contributed by atoms with Crippen LogP contribution in [0.2, 0.25) is 0 Å². The van der Waals surface area contributed by atoms with Gasteiger partial charge in [-0.1, -0.05) is 23.8 Å². The van der Waals surface area contributed by atoms with Crippen LogP contribution in [-0.2, 0) is 0 Å². The van der Waals surface area contributed by atoms with Crippen LogP contribution < -0.4 is 4.74 Å². The van der Waals surface area contributed by atoms with E-state index >= 15 is 0 Å². The molecular weight excluding hydrogens is 214 g/mol. The lowest BCUT2D eigenvalue weighted by Gasteiger charge is -2.09. The molecule has 0 unspecified atom stereocenters. The molecule has 0 N–H and O–H groups in total. The highest BCUT2D eigenvalue weighted by Crippen LogP contribution is 2.30. The van der Waals surface area contributed by atoms with Crippen molar-refractivity contribution in [1.29, 1.82) is 0 Å². The fraction of sp³-hybridized carbons (Fsp3) is 0.143. The van der Waals surface area contributed by atoms with Crippen molar-refractivity contribution < 1.29 is 9.53 Å². The van der Waals surface area contributed by atoms with Crippen LogP contribution in [0.4, 0.5) is 0 Å². The van der Waals surface area contributed by atoms with E-state index in [0.717, 1.165) is 23.0 Å². The lowest BCUT2D eigenvalue weighted by molar-refractivity contribution is 0.112. The normalized spacial score (nSPS) is 10.0. The number of pyridine rings is 1. The predicted molar refractivity (Wildman–Crippen MR) is 66.3 cm³/mol. The van der Waals surface area contributed by atoms with Gasteiger partial charge in [-0.25, -0.2) is 4.98 Å². The monoisotopic (exact) mass is 227 g/mol. The third kappa shape index (κ3) is 2.18. The molecule has 0 amide bonds. The molecule has 0 bridgehead atoms. The van der Waals surface area contributed by atoms with Crippen molar-refractivity contribution in [3.05, 3.63) is 47.7 Å². The molecule has 0 radical (unpaired) electrons. The molecule has 86 valence electrons. The van der Waals surface area contributed by atoms with E-state index in [2.05, 4.69) is 4.98 Å². The number of carbonyl (C=O) groups is 1. The van der Waals surface area contributed by atoms with Gasteiger partial charge in [0.05, 0.1) is 7.11 Å². The maximum absolute atomic E-state index is 11.1. The molecule has 2 aromatic rings. The van der Waals surface area contributed by atoms with Gasteiger partial charge in [0.15, 0.2) is 6.29 Å². The van der Waals surface area contributed by atoms with Crippen LogP contribution in [0.3, 0.4) is 0 Å². The Morgan fingerprint density at radius 1 is 1.24 bits per heavy atom. The molecule has 1 aromatic heterocycles. The van der Waals surface area contributed by atoms with E-state index in [-0.39, 0.29) is 0 Å². The highest BCUT2D eigenvalue weighted by Gasteiger charge is 2.10. The largest absolute Gasteiger partial charge is 0.481 e. The smallest absolute Gasteiger partial charge is 0.221 e. The summed E-state index contributed by atoms with van der Waals surface area (Å²) in [6.45, 7) is 1.99. The van der Waals surface area contributed by atoms with E-state index in [9.17, 15) is 4.79 Å². The summed E-state index contributed by atoms with van der Waals surface area (Å²) in [6.07, 6.45) is 2.51. The van der Waals surface area contributed by atoms with Crippen LogP contribution in [-0.4, -0.2) is 18.4 Å². The molecule has 1 heterocycles. The van der Waals surface area contributed by atoms with Crippen LogP contribution >= 0.6 is 0 Å². The Morgan fingerprint density at radius 3 is 2.76 bits per heavy atom. The molecule has 0 atom stereocenters. The summed E-state index contributed by atoms with van der Waals surface area (Å²) in [6, 6.07) is 9.41. The van der Waals surface area contributed by atoms with Gasteiger partial charge in [0.2, 0.25) is 5.88 Å². The minimum atomic E-state index is 0.529. The number of benzene rings is 1. The number of aldehydes is 1. The quantitative estimate of drug-likeness (QED) is 0.757. The summed E-state index contributed by atoms with van der Waals surface area (Å²) in [5.41, 5.74) is 3.42. The molecule has 3 nitrogen and oxygen atoms in total. The van der Waals surface area contributed by atoms with E-state index in [1.165, 1.54) is 0 Å². The lowest BCUT2D eigenvalue weighted by atomic mass is 9.99. The van der Waals surface area contributed by atoms with Crippen LogP contribution in [0.1, 0.15) is 15.9 Å². The Labute approximate surface area is 100 Å². The first kappa shape index (κ1) is 11.3. The predicted octanol–water partition coefficient (Wildman–Crippen LogP) is 2.88. The summed E-state index contributed by atoms with van der Waals surface area (Å²) in [5.74, 6) is 0.529. The third-order valence-electron chi connectivity index (χ3n) is 2.59. The zero-order valence-electron chi connectivity index (χ0n) is 9.81. The number of nitrogens with zero attached hydrogens (tertiary/aromatic N) is 1. The Kier molecular flexibility index (Phi) is 3.19. The van der Waals surface area contributed by atoms with Crippen molar-refractivity contribution in [3.63, 3.8) is 0 Å². The van der Waals surface area contributed by atoms with Gasteiger partial charge in [-0.3, -0.25) is 4.79 Å². The number of aryl methyl sites for hydroxylation is 1. The van der Waals surface area contributed by atoms with Gasteiger partial charge in [0, 0.05) is 17.3 Å². The molecule has 0 aliphatic carbocycles. The number of methoxy groups -OCH3 is 1. The van der Waals surface area contributed by atoms with Crippen molar-refractivity contribution in [2.45, 2.75) is 6.92 Å². The van der Waals surface area contributed by atoms with Crippen molar-refractivity contribution in [3.8, 4) is 17.0 Å². The summed E-state index contributed by atoms with van der Waals surface area (Å²) in [4.78, 5) is 15.2. The van der Waals surface area contributed by atoms with Crippen molar-refractivity contribution in [2.24, 2.45) is 0 Å². The number of hydrogen-bond donors (Lipinski definition) is 0. The second-order valence-corrected chi connectivity index (χ2v) is 3.77. The Balaban J connectivity index is 2.66. The van der Waals surface area contributed by atoms with Gasteiger partial charge in [-0.05, 0) is 24.6 Å². The van der Waals surface area contributed by atoms with Crippen molar-refractivity contribution in [1.82, 2.24) is 4.98 Å². The van der Waals surface area contributed by atoms with Crippen LogP contribution in [0.5, 0.6) is 5.88 Å². The Bertz CT molecular complexity index is 550. The molecule has 0 saturated heterocycles. The molecule has 0 spiro atoms. The molecule has 3 heteroatoms. The van der Waals surface area contributed by atoms with Gasteiger partial charge in [-0.15, -0.1) is 0 Å². The summed E-state index contributed by atoms with van der Waals surface area (Å²) in [7, 11) is 1.57. The van der Waals surface area contributed by atoms with Gasteiger partial charge in [0.25, 0.3) is 0 Å². The van der Waals surface area contributed by atoms with Crippen molar-refractivity contribution >= 4 is 6.29 Å². The Morgan fingerprint density at radius 2 is 2.06 bits per heavy atom. The topological polar surface area (TPSA) is 39.2 Å². The standard InChI is InChI=1S/C14H13NO2/c1-10-5-6-11(9-16)13(8-10)12-4-3-7-15-14(12)17-2/h3-9H,1-2H3. The van der Waals surface area contributed by atoms with Crippen molar-refractivity contribution in [2.75, 3.05) is 7.11 Å². The highest BCUT2D eigenvalue weighted by molar-refractivity contribution is 5.89. The zero-order chi connectivity index (χ0) is 12.3. The zero-order valence-corrected chi connectivity index (χ0v) is 9.81. The van der Waals surface area contributed by atoms with E-state index in [1.54, 1.807) is 13.3 Å². The minimum Gasteiger partial charge on any atom is -0.481 e. The number of ether oxygens (including phenoxy) is 1. The second-order valence-electron chi connectivity index (χ2n) is 3.77. The summed E-state index contributed by atoms with van der Waals surface area (Å²) >= 11 is 0. The molecule has 1 aromatic carbocycles. The van der Waals surface area contributed by atoms with Gasteiger partial charge >= 0.3 is 0 Å². The SMILES string of the molecule is COc1ncccc1-c1cc(C)ccc1C=O. The first-order valence-electron chi connectivity index (χ1n) is 5.31. The molecule has 2 rings (SSSR count). The van der Waals surface area contributed by atoms with Crippen LogP contribution in [0.15, 0.2) is 36.5 Å².